The van der Waals surface area contributed by atoms with E-state index in [1.54, 1.807) is 0 Å². The van der Waals surface area contributed by atoms with E-state index in [-0.39, 0.29) is 42.9 Å². The molecule has 0 aromatic rings. The maximum atomic E-state index is 12.3. The topological polar surface area (TPSA) is 58.8 Å². The minimum Gasteiger partial charge on any atom is -0.364 e. The smallest absolute Gasteiger partial charge is 0.251 e. The number of nitrogens with two attached hydrogens (primary N) is 1. The van der Waals surface area contributed by atoms with Crippen LogP contribution in [0.25, 0.3) is 0 Å². The Bertz CT molecular complexity index is 334. The number of amides is 1. The molecule has 3 aliphatic rings. The number of piperazine rings is 1. The summed E-state index contributed by atoms with van der Waals surface area (Å²) in [5.41, 5.74) is 5.59. The molecule has 1 aliphatic carbocycles. The lowest BCUT2D eigenvalue weighted by molar-refractivity contribution is -0.144. The number of halogens is 2. The molecule has 5 nitrogen and oxygen atoms in total. The first-order valence-electron chi connectivity index (χ1n) is 7.63. The minimum absolute atomic E-state index is 0. The first-order chi connectivity index (χ1) is 9.26. The maximum absolute atomic E-state index is 12.3. The van der Waals surface area contributed by atoms with E-state index >= 15 is 0 Å². The van der Waals surface area contributed by atoms with Gasteiger partial charge in [-0.05, 0) is 31.6 Å². The molecule has 124 valence electrons. The highest BCUT2D eigenvalue weighted by molar-refractivity contribution is 5.85. The molecule has 3 rings (SSSR count). The second-order valence-electron chi connectivity index (χ2n) is 6.13. The van der Waals surface area contributed by atoms with Gasteiger partial charge in [0, 0.05) is 39.3 Å². The van der Waals surface area contributed by atoms with E-state index in [4.69, 9.17) is 10.5 Å². The van der Waals surface area contributed by atoms with Crippen LogP contribution in [0, 0.1) is 5.92 Å². The SMILES string of the molecule is Cl.Cl.NC[C@H]1CC[C@@H](C(=O)N2CCN(CC3CC3)CC2)O1. The van der Waals surface area contributed by atoms with Gasteiger partial charge >= 0.3 is 0 Å². The van der Waals surface area contributed by atoms with Crippen molar-refractivity contribution < 1.29 is 9.53 Å². The largest absolute Gasteiger partial charge is 0.364 e. The average molecular weight is 340 g/mol. The van der Waals surface area contributed by atoms with Gasteiger partial charge in [-0.1, -0.05) is 0 Å². The Balaban J connectivity index is 0.00000110. The molecule has 0 aromatic heterocycles. The Kier molecular flexibility index (Phi) is 7.71. The third-order valence-corrected chi connectivity index (χ3v) is 4.54. The maximum Gasteiger partial charge on any atom is 0.251 e. The summed E-state index contributed by atoms with van der Waals surface area (Å²) in [6.45, 7) is 5.53. The number of hydrogen-bond donors (Lipinski definition) is 1. The van der Waals surface area contributed by atoms with Crippen LogP contribution in [0.1, 0.15) is 25.7 Å². The van der Waals surface area contributed by atoms with E-state index < -0.39 is 0 Å². The molecule has 1 saturated carbocycles. The molecule has 0 bridgehead atoms. The summed E-state index contributed by atoms with van der Waals surface area (Å²) in [5.74, 6) is 1.12. The van der Waals surface area contributed by atoms with E-state index in [0.29, 0.717) is 6.54 Å². The highest BCUT2D eigenvalue weighted by Gasteiger charge is 2.34. The number of ether oxygens (including phenoxy) is 1. The lowest BCUT2D eigenvalue weighted by Crippen LogP contribution is -2.51. The van der Waals surface area contributed by atoms with Gasteiger partial charge in [0.25, 0.3) is 5.91 Å². The molecule has 3 fully saturated rings. The van der Waals surface area contributed by atoms with Crippen molar-refractivity contribution in [2.45, 2.75) is 37.9 Å². The van der Waals surface area contributed by atoms with Crippen molar-refractivity contribution in [3.63, 3.8) is 0 Å². The molecule has 21 heavy (non-hydrogen) atoms. The molecule has 1 amide bonds. The van der Waals surface area contributed by atoms with Crippen molar-refractivity contribution in [3.8, 4) is 0 Å². The summed E-state index contributed by atoms with van der Waals surface area (Å²) in [6, 6.07) is 0. The summed E-state index contributed by atoms with van der Waals surface area (Å²) in [4.78, 5) is 16.8. The minimum atomic E-state index is -0.233. The molecule has 2 N–H and O–H groups in total. The van der Waals surface area contributed by atoms with E-state index in [0.717, 1.165) is 44.9 Å². The van der Waals surface area contributed by atoms with Crippen LogP contribution in [0.2, 0.25) is 0 Å². The second kappa shape index (κ2) is 8.53. The molecule has 2 saturated heterocycles. The van der Waals surface area contributed by atoms with E-state index in [1.807, 2.05) is 4.90 Å². The number of nitrogens with zero attached hydrogens (tertiary/aromatic N) is 2. The van der Waals surface area contributed by atoms with Crippen LogP contribution in [0.15, 0.2) is 0 Å². The number of carbonyl (C=O) groups excluding carboxylic acids is 1. The van der Waals surface area contributed by atoms with Crippen molar-refractivity contribution in [1.82, 2.24) is 9.80 Å². The van der Waals surface area contributed by atoms with Crippen LogP contribution in [0.4, 0.5) is 0 Å². The molecule has 0 radical (unpaired) electrons. The van der Waals surface area contributed by atoms with Gasteiger partial charge in [0.1, 0.15) is 6.10 Å². The van der Waals surface area contributed by atoms with Crippen LogP contribution < -0.4 is 5.73 Å². The average Bonchev–Trinajstić information content (AvgIpc) is 3.12. The molecule has 2 atom stereocenters. The van der Waals surface area contributed by atoms with E-state index in [2.05, 4.69) is 4.90 Å². The fourth-order valence-corrected chi connectivity index (χ4v) is 3.08. The van der Waals surface area contributed by atoms with Crippen LogP contribution in [-0.4, -0.2) is 67.2 Å². The highest BCUT2D eigenvalue weighted by atomic mass is 35.5. The van der Waals surface area contributed by atoms with Gasteiger partial charge in [-0.3, -0.25) is 9.69 Å². The summed E-state index contributed by atoms with van der Waals surface area (Å²) in [5, 5.41) is 0. The first-order valence-corrected chi connectivity index (χ1v) is 7.63. The Morgan fingerprint density at radius 3 is 2.24 bits per heavy atom. The molecule has 2 heterocycles. The molecule has 0 spiro atoms. The number of hydrogen-bond acceptors (Lipinski definition) is 4. The number of carbonyl (C=O) groups is 1. The fraction of sp³-hybridized carbons (Fsp3) is 0.929. The van der Waals surface area contributed by atoms with Gasteiger partial charge in [-0.25, -0.2) is 0 Å². The van der Waals surface area contributed by atoms with Crippen molar-refractivity contribution in [3.05, 3.63) is 0 Å². The summed E-state index contributed by atoms with van der Waals surface area (Å²) in [7, 11) is 0. The van der Waals surface area contributed by atoms with Gasteiger partial charge < -0.3 is 15.4 Å². The van der Waals surface area contributed by atoms with E-state index in [9.17, 15) is 4.79 Å². The predicted molar refractivity (Wildman–Crippen MR) is 87.2 cm³/mol. The van der Waals surface area contributed by atoms with Crippen molar-refractivity contribution in [2.24, 2.45) is 11.7 Å². The van der Waals surface area contributed by atoms with Crippen molar-refractivity contribution >= 4 is 30.7 Å². The molecule has 0 unspecified atom stereocenters. The van der Waals surface area contributed by atoms with Crippen LogP contribution >= 0.6 is 24.8 Å². The van der Waals surface area contributed by atoms with Gasteiger partial charge in [0.2, 0.25) is 0 Å². The first kappa shape index (κ1) is 19.0. The summed E-state index contributed by atoms with van der Waals surface area (Å²) >= 11 is 0. The predicted octanol–water partition coefficient (Wildman–Crippen LogP) is 0.890. The summed E-state index contributed by atoms with van der Waals surface area (Å²) < 4.78 is 5.70. The Morgan fingerprint density at radius 2 is 1.71 bits per heavy atom. The fourth-order valence-electron chi connectivity index (χ4n) is 3.08. The van der Waals surface area contributed by atoms with Gasteiger partial charge in [0.05, 0.1) is 6.10 Å². The lowest BCUT2D eigenvalue weighted by atomic mass is 10.1. The Hall–Kier alpha value is -0.0700. The molecule has 0 aromatic carbocycles. The highest BCUT2D eigenvalue weighted by Crippen LogP contribution is 2.30. The summed E-state index contributed by atoms with van der Waals surface area (Å²) in [6.07, 6.45) is 4.41. The Morgan fingerprint density at radius 1 is 1.05 bits per heavy atom. The van der Waals surface area contributed by atoms with Crippen LogP contribution in [0.5, 0.6) is 0 Å². The normalized spacial score (nSPS) is 29.7. The third kappa shape index (κ3) is 4.96. The van der Waals surface area contributed by atoms with Crippen molar-refractivity contribution in [2.75, 3.05) is 39.3 Å². The quantitative estimate of drug-likeness (QED) is 0.826. The zero-order valence-corrected chi connectivity index (χ0v) is 14.0. The van der Waals surface area contributed by atoms with E-state index in [1.165, 1.54) is 19.4 Å². The van der Waals surface area contributed by atoms with Gasteiger partial charge in [-0.15, -0.1) is 24.8 Å². The van der Waals surface area contributed by atoms with Gasteiger partial charge in [0.15, 0.2) is 0 Å². The van der Waals surface area contributed by atoms with Crippen molar-refractivity contribution in [1.29, 1.82) is 0 Å². The molecular formula is C14H27Cl2N3O2. The van der Waals surface area contributed by atoms with Crippen LogP contribution in [-0.2, 0) is 9.53 Å². The number of rotatable bonds is 4. The second-order valence-corrected chi connectivity index (χ2v) is 6.13. The monoisotopic (exact) mass is 339 g/mol. The Labute approximate surface area is 139 Å². The van der Waals surface area contributed by atoms with Gasteiger partial charge in [-0.2, -0.15) is 0 Å². The molecular weight excluding hydrogens is 313 g/mol. The molecule has 2 aliphatic heterocycles. The van der Waals surface area contributed by atoms with Crippen LogP contribution in [0.3, 0.4) is 0 Å². The molecule has 7 heteroatoms. The zero-order chi connectivity index (χ0) is 13.2. The standard InChI is InChI=1S/C14H25N3O2.2ClH/c15-9-12-3-4-13(19-12)14(18)17-7-5-16(6-8-17)10-11-1-2-11;;/h11-13H,1-10,15H2;2*1H/t12-,13+;;/m1../s1. The lowest BCUT2D eigenvalue weighted by Gasteiger charge is -2.35. The third-order valence-electron chi connectivity index (χ3n) is 4.54. The zero-order valence-electron chi connectivity index (χ0n) is 12.4.